The molecule has 4 rings (SSSR count). The summed E-state index contributed by atoms with van der Waals surface area (Å²) in [4.78, 5) is 12.7. The van der Waals surface area contributed by atoms with Crippen LogP contribution in [0.5, 0.6) is 23.0 Å². The Kier molecular flexibility index (Phi) is 9.35. The fourth-order valence-corrected chi connectivity index (χ4v) is 4.71. The third-order valence-electron chi connectivity index (χ3n) is 6.52. The summed E-state index contributed by atoms with van der Waals surface area (Å²) in [6, 6.07) is 19.5. The number of methoxy groups -OCH3 is 1. The summed E-state index contributed by atoms with van der Waals surface area (Å²) in [6.45, 7) is 2.87. The minimum Gasteiger partial charge on any atom is -0.495 e. The molecular weight excluding hydrogens is 516 g/mol. The summed E-state index contributed by atoms with van der Waals surface area (Å²) in [7, 11) is 1.50. The maximum Gasteiger partial charge on any atom is 0.343 e. The van der Waals surface area contributed by atoms with Crippen LogP contribution in [-0.4, -0.2) is 19.7 Å². The van der Waals surface area contributed by atoms with Gasteiger partial charge >= 0.3 is 5.97 Å². The predicted octanol–water partition coefficient (Wildman–Crippen LogP) is 7.14. The van der Waals surface area contributed by atoms with E-state index < -0.39 is 11.9 Å². The molecule has 7 nitrogen and oxygen atoms in total. The van der Waals surface area contributed by atoms with E-state index in [-0.39, 0.29) is 17.2 Å². The fourth-order valence-electron chi connectivity index (χ4n) is 4.45. The van der Waals surface area contributed by atoms with Crippen LogP contribution in [0, 0.1) is 11.3 Å². The number of esters is 1. The van der Waals surface area contributed by atoms with Crippen LogP contribution in [0.4, 0.5) is 0 Å². The molecule has 3 aromatic rings. The number of hydrogen-bond acceptors (Lipinski definition) is 7. The van der Waals surface area contributed by atoms with Crippen LogP contribution in [-0.2, 0) is 0 Å². The van der Waals surface area contributed by atoms with Crippen LogP contribution >= 0.6 is 11.6 Å². The van der Waals surface area contributed by atoms with Gasteiger partial charge in [-0.2, -0.15) is 5.26 Å². The Balaban J connectivity index is 1.51. The molecule has 0 aromatic heterocycles. The van der Waals surface area contributed by atoms with Crippen molar-refractivity contribution in [2.24, 2.45) is 5.73 Å². The van der Waals surface area contributed by atoms with E-state index in [1.807, 2.05) is 24.3 Å². The Morgan fingerprint density at radius 3 is 2.46 bits per heavy atom. The van der Waals surface area contributed by atoms with E-state index in [1.165, 1.54) is 32.4 Å². The number of unbranched alkanes of at least 4 members (excludes halogenated alkanes) is 4. The molecule has 0 saturated carbocycles. The number of hydrogen-bond donors (Lipinski definition) is 1. The number of nitrogens with zero attached hydrogens (tertiary/aromatic N) is 1. The van der Waals surface area contributed by atoms with E-state index in [0.29, 0.717) is 28.7 Å². The number of allylic oxidation sites excluding steroid dienone is 1. The number of halogens is 1. The first-order valence-corrected chi connectivity index (χ1v) is 13.3. The number of carbonyl (C=O) groups is 1. The van der Waals surface area contributed by atoms with E-state index in [1.54, 1.807) is 30.3 Å². The van der Waals surface area contributed by atoms with Crippen molar-refractivity contribution < 1.29 is 23.7 Å². The quantitative estimate of drug-likeness (QED) is 0.155. The zero-order valence-corrected chi connectivity index (χ0v) is 22.8. The van der Waals surface area contributed by atoms with Crippen molar-refractivity contribution >= 4 is 17.6 Å². The van der Waals surface area contributed by atoms with Gasteiger partial charge in [0.05, 0.1) is 30.2 Å². The van der Waals surface area contributed by atoms with E-state index in [0.717, 1.165) is 29.7 Å². The first-order chi connectivity index (χ1) is 18.9. The van der Waals surface area contributed by atoms with E-state index >= 15 is 0 Å². The van der Waals surface area contributed by atoms with Crippen molar-refractivity contribution in [1.29, 1.82) is 5.26 Å². The topological polar surface area (TPSA) is 104 Å². The van der Waals surface area contributed by atoms with E-state index in [4.69, 9.17) is 36.3 Å². The monoisotopic (exact) mass is 546 g/mol. The van der Waals surface area contributed by atoms with Gasteiger partial charge in [-0.3, -0.25) is 0 Å². The van der Waals surface area contributed by atoms with Crippen LogP contribution in [0.1, 0.15) is 66.4 Å². The zero-order valence-electron chi connectivity index (χ0n) is 22.0. The lowest BCUT2D eigenvalue weighted by Crippen LogP contribution is -2.21. The van der Waals surface area contributed by atoms with Gasteiger partial charge in [-0.05, 0) is 48.4 Å². The normalized spacial score (nSPS) is 14.2. The Morgan fingerprint density at radius 1 is 1.03 bits per heavy atom. The lowest BCUT2D eigenvalue weighted by molar-refractivity contribution is 0.0734. The van der Waals surface area contributed by atoms with Crippen LogP contribution in [0.15, 0.2) is 72.1 Å². The molecule has 1 heterocycles. The smallest absolute Gasteiger partial charge is 0.343 e. The van der Waals surface area contributed by atoms with Crippen molar-refractivity contribution in [3.8, 4) is 29.1 Å². The number of nitrogens with two attached hydrogens (primary N) is 1. The maximum atomic E-state index is 12.7. The second-order valence-electron chi connectivity index (χ2n) is 9.19. The van der Waals surface area contributed by atoms with Crippen molar-refractivity contribution in [3.63, 3.8) is 0 Å². The minimum absolute atomic E-state index is 0.00724. The first-order valence-electron chi connectivity index (χ1n) is 12.9. The molecule has 0 fully saturated rings. The van der Waals surface area contributed by atoms with Crippen molar-refractivity contribution in [1.82, 2.24) is 0 Å². The summed E-state index contributed by atoms with van der Waals surface area (Å²) < 4.78 is 22.3. The second-order valence-corrected chi connectivity index (χ2v) is 9.60. The molecule has 202 valence electrons. The standard InChI is InChI=1S/C31H31ClN2O5/c1-3-4-5-6-7-16-37-22-11-8-20(9-12-22)29-24-14-13-23(18-28(24)39-30(34)25(29)19-33)38-31(35)21-10-15-27(36-2)26(32)17-21/h8-15,17-18,29H,3-7,16,34H2,1-2H3. The van der Waals surface area contributed by atoms with Gasteiger partial charge in [-0.25, -0.2) is 4.79 Å². The number of carbonyl (C=O) groups excluding carboxylic acids is 1. The lowest BCUT2D eigenvalue weighted by atomic mass is 9.83. The third kappa shape index (κ3) is 6.65. The van der Waals surface area contributed by atoms with Gasteiger partial charge in [0, 0.05) is 11.6 Å². The molecular formula is C31H31ClN2O5. The van der Waals surface area contributed by atoms with Gasteiger partial charge in [0.25, 0.3) is 0 Å². The van der Waals surface area contributed by atoms with Gasteiger partial charge in [0.1, 0.15) is 34.6 Å². The first kappa shape index (κ1) is 27.9. The van der Waals surface area contributed by atoms with Crippen LogP contribution in [0.3, 0.4) is 0 Å². The number of rotatable bonds is 11. The third-order valence-corrected chi connectivity index (χ3v) is 6.81. The molecule has 39 heavy (non-hydrogen) atoms. The summed E-state index contributed by atoms with van der Waals surface area (Å²) in [5, 5.41) is 10.2. The van der Waals surface area contributed by atoms with Gasteiger partial charge in [-0.15, -0.1) is 0 Å². The molecule has 0 saturated heterocycles. The lowest BCUT2D eigenvalue weighted by Gasteiger charge is -2.26. The van der Waals surface area contributed by atoms with Gasteiger partial charge in [0.15, 0.2) is 0 Å². The Morgan fingerprint density at radius 2 is 1.77 bits per heavy atom. The Bertz CT molecular complexity index is 1400. The Hall–Kier alpha value is -4.15. The molecule has 1 aliphatic heterocycles. The highest BCUT2D eigenvalue weighted by molar-refractivity contribution is 6.32. The summed E-state index contributed by atoms with van der Waals surface area (Å²) in [6.07, 6.45) is 5.87. The zero-order chi connectivity index (χ0) is 27.8. The van der Waals surface area contributed by atoms with Gasteiger partial charge < -0.3 is 24.7 Å². The number of nitriles is 1. The molecule has 0 radical (unpaired) electrons. The highest BCUT2D eigenvalue weighted by atomic mass is 35.5. The van der Waals surface area contributed by atoms with E-state index in [9.17, 15) is 10.1 Å². The molecule has 1 unspecified atom stereocenters. The average molecular weight is 547 g/mol. The molecule has 1 aliphatic rings. The molecule has 0 bridgehead atoms. The Labute approximate surface area is 233 Å². The number of ether oxygens (including phenoxy) is 4. The van der Waals surface area contributed by atoms with Gasteiger partial charge in [-0.1, -0.05) is 62.4 Å². The maximum absolute atomic E-state index is 12.7. The van der Waals surface area contributed by atoms with E-state index in [2.05, 4.69) is 13.0 Å². The minimum atomic E-state index is -0.589. The number of benzene rings is 3. The molecule has 8 heteroatoms. The highest BCUT2D eigenvalue weighted by Crippen LogP contribution is 2.43. The van der Waals surface area contributed by atoms with Crippen LogP contribution in [0.25, 0.3) is 0 Å². The SMILES string of the molecule is CCCCCCCOc1ccc(C2C(C#N)=C(N)Oc3cc(OC(=O)c4ccc(OC)c(Cl)c4)ccc32)cc1. The highest BCUT2D eigenvalue weighted by Gasteiger charge is 2.31. The van der Waals surface area contributed by atoms with Gasteiger partial charge in [0.2, 0.25) is 5.88 Å². The largest absolute Gasteiger partial charge is 0.495 e. The fraction of sp³-hybridized carbons (Fsp3) is 0.290. The molecule has 1 atom stereocenters. The molecule has 0 amide bonds. The summed E-state index contributed by atoms with van der Waals surface area (Å²) in [5.74, 6) is 0.882. The predicted molar refractivity (Wildman–Crippen MR) is 149 cm³/mol. The molecule has 0 spiro atoms. The summed E-state index contributed by atoms with van der Waals surface area (Å²) >= 11 is 6.14. The van der Waals surface area contributed by atoms with Crippen molar-refractivity contribution in [2.45, 2.75) is 44.9 Å². The second kappa shape index (κ2) is 13.1. The summed E-state index contributed by atoms with van der Waals surface area (Å²) in [5.41, 5.74) is 8.32. The van der Waals surface area contributed by atoms with Crippen LogP contribution in [0.2, 0.25) is 5.02 Å². The molecule has 2 N–H and O–H groups in total. The molecule has 3 aromatic carbocycles. The van der Waals surface area contributed by atoms with Crippen molar-refractivity contribution in [3.05, 3.63) is 93.8 Å². The number of fused-ring (bicyclic) bond motifs is 1. The van der Waals surface area contributed by atoms with Crippen molar-refractivity contribution in [2.75, 3.05) is 13.7 Å². The average Bonchev–Trinajstić information content (AvgIpc) is 2.94. The van der Waals surface area contributed by atoms with Crippen LogP contribution < -0.4 is 24.7 Å². The molecule has 0 aliphatic carbocycles.